The summed E-state index contributed by atoms with van der Waals surface area (Å²) in [6, 6.07) is 11.1. The van der Waals surface area contributed by atoms with Gasteiger partial charge in [0.15, 0.2) is 0 Å². The normalized spacial score (nSPS) is 23.6. The lowest BCUT2D eigenvalue weighted by molar-refractivity contribution is -0.123. The van der Waals surface area contributed by atoms with Gasteiger partial charge in [0.25, 0.3) is 0 Å². The highest BCUT2D eigenvalue weighted by Gasteiger charge is 2.25. The maximum absolute atomic E-state index is 12.7. The first-order chi connectivity index (χ1) is 13.5. The zero-order valence-electron chi connectivity index (χ0n) is 17.9. The van der Waals surface area contributed by atoms with Gasteiger partial charge in [-0.2, -0.15) is 0 Å². The molecule has 0 radical (unpaired) electrons. The first-order valence-electron chi connectivity index (χ1n) is 11.0. The predicted octanol–water partition coefficient (Wildman–Crippen LogP) is 2.60. The van der Waals surface area contributed by atoms with Gasteiger partial charge in [-0.15, -0.1) is 0 Å². The molecule has 0 bridgehead atoms. The third kappa shape index (κ3) is 6.03. The van der Waals surface area contributed by atoms with Crippen molar-refractivity contribution in [2.45, 2.75) is 45.2 Å². The number of carbonyl (C=O) groups is 1. The predicted molar refractivity (Wildman–Crippen MR) is 115 cm³/mol. The number of hydrogen-bond donors (Lipinski definition) is 1. The van der Waals surface area contributed by atoms with Crippen LogP contribution in [0.1, 0.15) is 44.7 Å². The zero-order valence-corrected chi connectivity index (χ0v) is 17.9. The van der Waals surface area contributed by atoms with Crippen LogP contribution >= 0.6 is 0 Å². The minimum Gasteiger partial charge on any atom is -0.348 e. The van der Waals surface area contributed by atoms with Crippen LogP contribution in [0.15, 0.2) is 30.3 Å². The highest BCUT2D eigenvalue weighted by molar-refractivity contribution is 5.78. The topological polar surface area (TPSA) is 38.8 Å². The summed E-state index contributed by atoms with van der Waals surface area (Å²) in [4.78, 5) is 20.1. The van der Waals surface area contributed by atoms with Crippen LogP contribution in [0.25, 0.3) is 0 Å². The Morgan fingerprint density at radius 2 is 1.71 bits per heavy atom. The van der Waals surface area contributed by atoms with Crippen molar-refractivity contribution in [3.8, 4) is 0 Å². The lowest BCUT2D eigenvalue weighted by Crippen LogP contribution is -2.53. The van der Waals surface area contributed by atoms with Gasteiger partial charge in [-0.25, -0.2) is 0 Å². The molecule has 28 heavy (non-hydrogen) atoms. The molecular weight excluding hydrogens is 348 g/mol. The summed E-state index contributed by atoms with van der Waals surface area (Å²) in [6.45, 7) is 11.4. The van der Waals surface area contributed by atoms with E-state index in [1.54, 1.807) is 0 Å². The molecule has 2 saturated heterocycles. The minimum absolute atomic E-state index is 0.0804. The van der Waals surface area contributed by atoms with E-state index in [4.69, 9.17) is 0 Å². The zero-order chi connectivity index (χ0) is 19.9. The van der Waals surface area contributed by atoms with Crippen LogP contribution in [0.4, 0.5) is 0 Å². The van der Waals surface area contributed by atoms with E-state index in [0.717, 1.165) is 26.2 Å². The van der Waals surface area contributed by atoms with Crippen molar-refractivity contribution in [3.05, 3.63) is 35.9 Å². The van der Waals surface area contributed by atoms with Crippen LogP contribution in [0.5, 0.6) is 0 Å². The Hall–Kier alpha value is -1.43. The number of likely N-dealkylation sites (tertiary alicyclic amines) is 1. The SMILES string of the molecule is CC(C)C(NC(=O)CN1CCN(CC2CCCCN2C)CC1)c1ccccc1. The molecule has 2 atom stereocenters. The average molecular weight is 387 g/mol. The van der Waals surface area contributed by atoms with Crippen LogP contribution in [0, 0.1) is 5.92 Å². The summed E-state index contributed by atoms with van der Waals surface area (Å²) in [7, 11) is 2.27. The summed E-state index contributed by atoms with van der Waals surface area (Å²) >= 11 is 0. The molecule has 2 aliphatic heterocycles. The Kier molecular flexibility index (Phi) is 7.89. The third-order valence-corrected chi connectivity index (χ3v) is 6.36. The number of carbonyl (C=O) groups excluding carboxylic acids is 1. The van der Waals surface area contributed by atoms with Gasteiger partial charge in [-0.1, -0.05) is 50.6 Å². The van der Waals surface area contributed by atoms with Crippen molar-refractivity contribution in [2.75, 3.05) is 52.9 Å². The van der Waals surface area contributed by atoms with Gasteiger partial charge in [0.05, 0.1) is 12.6 Å². The van der Waals surface area contributed by atoms with Crippen molar-refractivity contribution in [3.63, 3.8) is 0 Å². The number of piperidine rings is 1. The molecule has 0 aromatic heterocycles. The molecule has 2 fully saturated rings. The molecule has 1 aromatic rings. The number of benzene rings is 1. The Morgan fingerprint density at radius 1 is 1.04 bits per heavy atom. The molecule has 2 unspecified atom stereocenters. The maximum Gasteiger partial charge on any atom is 0.234 e. The molecular formula is C23H38N4O. The molecule has 2 aliphatic rings. The third-order valence-electron chi connectivity index (χ3n) is 6.36. The second kappa shape index (κ2) is 10.4. The van der Waals surface area contributed by atoms with Crippen LogP contribution in [0.3, 0.4) is 0 Å². The smallest absolute Gasteiger partial charge is 0.234 e. The maximum atomic E-state index is 12.7. The highest BCUT2D eigenvalue weighted by Crippen LogP contribution is 2.21. The Balaban J connectivity index is 1.43. The fourth-order valence-electron chi connectivity index (χ4n) is 4.52. The van der Waals surface area contributed by atoms with E-state index in [-0.39, 0.29) is 11.9 Å². The van der Waals surface area contributed by atoms with E-state index in [1.807, 2.05) is 18.2 Å². The van der Waals surface area contributed by atoms with Crippen molar-refractivity contribution in [1.29, 1.82) is 0 Å². The van der Waals surface area contributed by atoms with Crippen molar-refractivity contribution >= 4 is 5.91 Å². The average Bonchev–Trinajstić information content (AvgIpc) is 2.70. The van der Waals surface area contributed by atoms with Gasteiger partial charge < -0.3 is 10.2 Å². The number of nitrogens with one attached hydrogen (secondary N) is 1. The first-order valence-corrected chi connectivity index (χ1v) is 11.0. The molecule has 1 N–H and O–H groups in total. The van der Waals surface area contributed by atoms with E-state index in [0.29, 0.717) is 18.5 Å². The van der Waals surface area contributed by atoms with Crippen LogP contribution in [-0.4, -0.2) is 79.5 Å². The second-order valence-corrected chi connectivity index (χ2v) is 8.91. The summed E-state index contributed by atoms with van der Waals surface area (Å²) in [6.07, 6.45) is 4.04. The Labute approximate surface area is 171 Å². The number of amides is 1. The van der Waals surface area contributed by atoms with E-state index in [1.165, 1.54) is 37.9 Å². The van der Waals surface area contributed by atoms with E-state index in [9.17, 15) is 4.79 Å². The molecule has 2 heterocycles. The van der Waals surface area contributed by atoms with Gasteiger partial charge >= 0.3 is 0 Å². The standard InChI is InChI=1S/C23H38N4O/c1-19(2)23(20-9-5-4-6-10-20)24-22(28)18-27-15-13-26(14-16-27)17-21-11-7-8-12-25(21)3/h4-6,9-10,19,21,23H,7-8,11-18H2,1-3H3,(H,24,28). The summed E-state index contributed by atoms with van der Waals surface area (Å²) in [5.74, 6) is 0.513. The molecule has 1 aromatic carbocycles. The summed E-state index contributed by atoms with van der Waals surface area (Å²) in [5, 5.41) is 3.26. The highest BCUT2D eigenvalue weighted by atomic mass is 16.2. The Bertz CT molecular complexity index is 598. The van der Waals surface area contributed by atoms with Gasteiger partial charge in [0.2, 0.25) is 5.91 Å². The quantitative estimate of drug-likeness (QED) is 0.782. The van der Waals surface area contributed by atoms with Crippen molar-refractivity contribution < 1.29 is 4.79 Å². The van der Waals surface area contributed by atoms with Crippen LogP contribution < -0.4 is 5.32 Å². The van der Waals surface area contributed by atoms with Gasteiger partial charge in [-0.05, 0) is 37.9 Å². The number of likely N-dealkylation sites (N-methyl/N-ethyl adjacent to an activating group) is 1. The molecule has 1 amide bonds. The minimum atomic E-state index is 0.0804. The largest absolute Gasteiger partial charge is 0.348 e. The van der Waals surface area contributed by atoms with Gasteiger partial charge in [0.1, 0.15) is 0 Å². The Morgan fingerprint density at radius 3 is 2.36 bits per heavy atom. The van der Waals surface area contributed by atoms with Crippen molar-refractivity contribution in [1.82, 2.24) is 20.0 Å². The van der Waals surface area contributed by atoms with E-state index >= 15 is 0 Å². The van der Waals surface area contributed by atoms with Gasteiger partial charge in [-0.3, -0.25) is 14.6 Å². The molecule has 3 rings (SSSR count). The summed E-state index contributed by atoms with van der Waals surface area (Å²) in [5.41, 5.74) is 1.19. The summed E-state index contributed by atoms with van der Waals surface area (Å²) < 4.78 is 0. The van der Waals surface area contributed by atoms with E-state index in [2.05, 4.69) is 53.0 Å². The second-order valence-electron chi connectivity index (χ2n) is 8.91. The molecule has 5 nitrogen and oxygen atoms in total. The number of hydrogen-bond acceptors (Lipinski definition) is 4. The number of nitrogens with zero attached hydrogens (tertiary/aromatic N) is 3. The molecule has 156 valence electrons. The fraction of sp³-hybridized carbons (Fsp3) is 0.696. The van der Waals surface area contributed by atoms with Gasteiger partial charge in [0, 0.05) is 38.8 Å². The fourth-order valence-corrected chi connectivity index (χ4v) is 4.52. The van der Waals surface area contributed by atoms with Crippen LogP contribution in [0.2, 0.25) is 0 Å². The van der Waals surface area contributed by atoms with E-state index < -0.39 is 0 Å². The lowest BCUT2D eigenvalue weighted by Gasteiger charge is -2.40. The molecule has 5 heteroatoms. The monoisotopic (exact) mass is 386 g/mol. The number of piperazine rings is 1. The first kappa shape index (κ1) is 21.3. The molecule has 0 spiro atoms. The van der Waals surface area contributed by atoms with Crippen LogP contribution in [-0.2, 0) is 4.79 Å². The lowest BCUT2D eigenvalue weighted by atomic mass is 9.96. The molecule has 0 saturated carbocycles. The van der Waals surface area contributed by atoms with Crippen molar-refractivity contribution in [2.24, 2.45) is 5.92 Å². The molecule has 0 aliphatic carbocycles. The number of rotatable bonds is 7.